The molecule has 0 spiro atoms. The van der Waals surface area contributed by atoms with Gasteiger partial charge in [-0.2, -0.15) is 10.2 Å². The molecule has 0 saturated carbocycles. The van der Waals surface area contributed by atoms with Crippen LogP contribution in [0.4, 0.5) is 0 Å². The number of aliphatic hydroxyl groups excluding tert-OH is 1. The molecule has 0 amide bonds. The Hall–Kier alpha value is -3.00. The Morgan fingerprint density at radius 2 is 2.19 bits per heavy atom. The second-order valence-electron chi connectivity index (χ2n) is 5.98. The van der Waals surface area contributed by atoms with E-state index in [2.05, 4.69) is 15.2 Å². The minimum Gasteiger partial charge on any atom is -0.509 e. The highest BCUT2D eigenvalue weighted by atomic mass is 32.1. The maximum atomic E-state index is 10.4. The third-order valence-corrected chi connectivity index (χ3v) is 5.29. The van der Waals surface area contributed by atoms with E-state index < -0.39 is 0 Å². The molecule has 26 heavy (non-hydrogen) atoms. The number of rotatable bonds is 4. The average molecular weight is 366 g/mol. The molecular weight excluding hydrogens is 348 g/mol. The molecule has 1 aliphatic rings. The third-order valence-electron chi connectivity index (χ3n) is 4.24. The first-order valence-electron chi connectivity index (χ1n) is 8.29. The van der Waals surface area contributed by atoms with E-state index in [1.165, 1.54) is 16.3 Å². The molecule has 0 bridgehead atoms. The van der Waals surface area contributed by atoms with E-state index in [1.54, 1.807) is 6.21 Å². The van der Waals surface area contributed by atoms with Crippen LogP contribution in [0.5, 0.6) is 0 Å². The van der Waals surface area contributed by atoms with Gasteiger partial charge in [-0.05, 0) is 26.0 Å². The van der Waals surface area contributed by atoms with Gasteiger partial charge >= 0.3 is 0 Å². The first kappa shape index (κ1) is 16.5. The van der Waals surface area contributed by atoms with Crippen LogP contribution >= 0.6 is 11.3 Å². The summed E-state index contributed by atoms with van der Waals surface area (Å²) in [5, 5.41) is 29.6. The summed E-state index contributed by atoms with van der Waals surface area (Å²) in [4.78, 5) is 4.54. The molecule has 1 aromatic carbocycles. The average Bonchev–Trinajstić information content (AvgIpc) is 3.28. The number of amidine groups is 1. The molecule has 0 fully saturated rings. The van der Waals surface area contributed by atoms with Crippen LogP contribution in [0.3, 0.4) is 0 Å². The predicted molar refractivity (Wildman–Crippen MR) is 104 cm³/mol. The summed E-state index contributed by atoms with van der Waals surface area (Å²) in [7, 11) is 0. The second-order valence-corrected chi connectivity index (χ2v) is 7.02. The van der Waals surface area contributed by atoms with Gasteiger partial charge in [0.1, 0.15) is 17.3 Å². The molecule has 0 radical (unpaired) electrons. The zero-order valence-corrected chi connectivity index (χ0v) is 15.3. The van der Waals surface area contributed by atoms with Crippen molar-refractivity contribution >= 4 is 39.2 Å². The Bertz CT molecular complexity index is 1030. The van der Waals surface area contributed by atoms with E-state index in [-0.39, 0.29) is 18.1 Å². The van der Waals surface area contributed by atoms with E-state index >= 15 is 0 Å². The van der Waals surface area contributed by atoms with Crippen molar-refractivity contribution in [1.82, 2.24) is 19.8 Å². The van der Waals surface area contributed by atoms with E-state index in [0.717, 1.165) is 28.0 Å². The number of hydrogen-bond acceptors (Lipinski definition) is 6. The number of hydrogen-bond donors (Lipinski definition) is 2. The molecular formula is C18H18N6OS. The molecule has 2 aromatic heterocycles. The quantitative estimate of drug-likeness (QED) is 0.692. The number of aromatic nitrogens is 3. The standard InChI is InChI=1S/C18H18N6OS/c1-3-23-9-12(11(2)22-23)8-20-24-10-14(25)16(17(24)19)18-21-13-6-4-5-7-15(13)26-18/h4-9,19,25H,3,10H2,1-2H3/b19-17?,20-8-. The van der Waals surface area contributed by atoms with Gasteiger partial charge < -0.3 is 5.11 Å². The molecule has 0 unspecified atom stereocenters. The molecule has 3 heterocycles. The Labute approximate surface area is 154 Å². The van der Waals surface area contributed by atoms with Crippen molar-refractivity contribution in [3.05, 3.63) is 52.5 Å². The number of aryl methyl sites for hydroxylation is 2. The maximum absolute atomic E-state index is 10.4. The predicted octanol–water partition coefficient (Wildman–Crippen LogP) is 3.42. The number of nitrogens with one attached hydrogen (secondary N) is 1. The van der Waals surface area contributed by atoms with Crippen molar-refractivity contribution < 1.29 is 5.11 Å². The SMILES string of the molecule is CCn1cc(/C=N\N2CC(O)=C(c3nc4ccccc4s3)C2=N)c(C)n1. The molecule has 0 saturated heterocycles. The van der Waals surface area contributed by atoms with Crippen LogP contribution in [-0.2, 0) is 6.54 Å². The van der Waals surface area contributed by atoms with E-state index in [9.17, 15) is 5.11 Å². The summed E-state index contributed by atoms with van der Waals surface area (Å²) < 4.78 is 2.87. The first-order valence-corrected chi connectivity index (χ1v) is 9.11. The molecule has 2 N–H and O–H groups in total. The fourth-order valence-electron chi connectivity index (χ4n) is 2.82. The van der Waals surface area contributed by atoms with Crippen molar-refractivity contribution in [2.75, 3.05) is 6.54 Å². The van der Waals surface area contributed by atoms with Crippen molar-refractivity contribution in [3.63, 3.8) is 0 Å². The summed E-state index contributed by atoms with van der Waals surface area (Å²) in [6.07, 6.45) is 3.60. The van der Waals surface area contributed by atoms with Crippen molar-refractivity contribution in [2.45, 2.75) is 20.4 Å². The number of hydrazone groups is 1. The highest BCUT2D eigenvalue weighted by Gasteiger charge is 2.30. The number of aliphatic hydroxyl groups is 1. The van der Waals surface area contributed by atoms with E-state index in [1.807, 2.05) is 49.0 Å². The highest BCUT2D eigenvalue weighted by molar-refractivity contribution is 7.19. The van der Waals surface area contributed by atoms with Gasteiger partial charge in [0.2, 0.25) is 0 Å². The van der Waals surface area contributed by atoms with E-state index in [0.29, 0.717) is 10.6 Å². The smallest absolute Gasteiger partial charge is 0.155 e. The number of nitrogens with zero attached hydrogens (tertiary/aromatic N) is 5. The molecule has 132 valence electrons. The molecule has 1 aliphatic heterocycles. The van der Waals surface area contributed by atoms with Crippen LogP contribution in [0.15, 0.2) is 41.3 Å². The fraction of sp³-hybridized carbons (Fsp3) is 0.222. The monoisotopic (exact) mass is 366 g/mol. The van der Waals surface area contributed by atoms with Gasteiger partial charge in [0, 0.05) is 18.3 Å². The Morgan fingerprint density at radius 1 is 1.38 bits per heavy atom. The van der Waals surface area contributed by atoms with Crippen LogP contribution in [0.25, 0.3) is 15.8 Å². The Kier molecular flexibility index (Phi) is 4.04. The lowest BCUT2D eigenvalue weighted by Crippen LogP contribution is -2.20. The van der Waals surface area contributed by atoms with Gasteiger partial charge in [-0.15, -0.1) is 11.3 Å². The minimum absolute atomic E-state index is 0.118. The normalized spacial score (nSPS) is 15.2. The van der Waals surface area contributed by atoms with Crippen LogP contribution in [0, 0.1) is 12.3 Å². The van der Waals surface area contributed by atoms with Crippen LogP contribution in [-0.4, -0.2) is 43.5 Å². The largest absolute Gasteiger partial charge is 0.509 e. The fourth-order valence-corrected chi connectivity index (χ4v) is 3.86. The first-order chi connectivity index (χ1) is 12.6. The zero-order chi connectivity index (χ0) is 18.3. The van der Waals surface area contributed by atoms with Crippen molar-refractivity contribution in [1.29, 1.82) is 5.41 Å². The van der Waals surface area contributed by atoms with Gasteiger partial charge in [0.15, 0.2) is 5.84 Å². The lowest BCUT2D eigenvalue weighted by Gasteiger charge is -2.10. The summed E-state index contributed by atoms with van der Waals surface area (Å²) in [5.74, 6) is 0.269. The number of thiazole rings is 1. The second kappa shape index (κ2) is 6.38. The van der Waals surface area contributed by atoms with Gasteiger partial charge in [-0.25, -0.2) is 9.99 Å². The number of para-hydroxylation sites is 1. The Balaban J connectivity index is 1.59. The minimum atomic E-state index is 0.118. The van der Waals surface area contributed by atoms with Crippen molar-refractivity contribution in [3.8, 4) is 0 Å². The zero-order valence-electron chi connectivity index (χ0n) is 14.5. The van der Waals surface area contributed by atoms with Crippen LogP contribution < -0.4 is 0 Å². The number of benzene rings is 1. The van der Waals surface area contributed by atoms with Crippen LogP contribution in [0.2, 0.25) is 0 Å². The summed E-state index contributed by atoms with van der Waals surface area (Å²) >= 11 is 1.47. The molecule has 0 atom stereocenters. The lowest BCUT2D eigenvalue weighted by atomic mass is 10.2. The highest BCUT2D eigenvalue weighted by Crippen LogP contribution is 2.33. The molecule has 8 heteroatoms. The van der Waals surface area contributed by atoms with Gasteiger partial charge in [0.05, 0.1) is 27.7 Å². The summed E-state index contributed by atoms with van der Waals surface area (Å²) in [5.41, 5.74) is 3.09. The van der Waals surface area contributed by atoms with Gasteiger partial charge in [-0.3, -0.25) is 10.1 Å². The third kappa shape index (κ3) is 2.78. The van der Waals surface area contributed by atoms with E-state index in [4.69, 9.17) is 5.41 Å². The summed E-state index contributed by atoms with van der Waals surface area (Å²) in [6, 6.07) is 7.79. The molecule has 4 rings (SSSR count). The maximum Gasteiger partial charge on any atom is 0.155 e. The molecule has 3 aromatic rings. The van der Waals surface area contributed by atoms with Gasteiger partial charge in [0.25, 0.3) is 0 Å². The molecule has 7 nitrogen and oxygen atoms in total. The summed E-state index contributed by atoms with van der Waals surface area (Å²) in [6.45, 7) is 4.90. The van der Waals surface area contributed by atoms with Gasteiger partial charge in [-0.1, -0.05) is 12.1 Å². The Morgan fingerprint density at radius 3 is 2.92 bits per heavy atom. The number of fused-ring (bicyclic) bond motifs is 1. The van der Waals surface area contributed by atoms with Crippen molar-refractivity contribution in [2.24, 2.45) is 5.10 Å². The lowest BCUT2D eigenvalue weighted by molar-refractivity contribution is 0.358. The molecule has 0 aliphatic carbocycles. The topological polar surface area (TPSA) is 90.4 Å². The van der Waals surface area contributed by atoms with Crippen LogP contribution in [0.1, 0.15) is 23.2 Å².